The first-order chi connectivity index (χ1) is 10.2. The van der Waals surface area contributed by atoms with Crippen molar-refractivity contribution >= 4 is 22.9 Å². The minimum atomic E-state index is 0.0730. The minimum absolute atomic E-state index is 0.0730. The largest absolute Gasteiger partial charge is 0.380 e. The summed E-state index contributed by atoms with van der Waals surface area (Å²) in [6, 6.07) is 12.4. The topological polar surface area (TPSA) is 41.1 Å². The van der Waals surface area contributed by atoms with E-state index in [1.807, 2.05) is 42.5 Å². The lowest BCUT2D eigenvalue weighted by Crippen LogP contribution is -2.24. The van der Waals surface area contributed by atoms with Crippen LogP contribution in [0.15, 0.2) is 36.4 Å². The quantitative estimate of drug-likeness (QED) is 0.820. The second kappa shape index (κ2) is 7.84. The molecule has 1 aromatic carbocycles. The molecule has 1 amide bonds. The molecule has 0 aliphatic heterocycles. The number of amides is 1. The summed E-state index contributed by atoms with van der Waals surface area (Å²) in [4.78, 5) is 14.3. The van der Waals surface area contributed by atoms with Crippen LogP contribution in [-0.4, -0.2) is 12.5 Å². The Balaban J connectivity index is 1.85. The van der Waals surface area contributed by atoms with Crippen molar-refractivity contribution in [3.63, 3.8) is 0 Å². The third-order valence-electron chi connectivity index (χ3n) is 3.23. The molecule has 2 rings (SSSR count). The van der Waals surface area contributed by atoms with Gasteiger partial charge in [0.2, 0.25) is 5.91 Å². The summed E-state index contributed by atoms with van der Waals surface area (Å²) in [5.41, 5.74) is 2.12. The number of hydrogen-bond acceptors (Lipinski definition) is 3. The summed E-state index contributed by atoms with van der Waals surface area (Å²) in [6.45, 7) is 5.63. The third-order valence-corrected chi connectivity index (χ3v) is 4.45. The van der Waals surface area contributed by atoms with Crippen molar-refractivity contribution in [3.8, 4) is 0 Å². The molecule has 0 aliphatic carbocycles. The molecular formula is C17H22N2OS. The van der Waals surface area contributed by atoms with Gasteiger partial charge in [0, 0.05) is 28.5 Å². The molecule has 3 nitrogen and oxygen atoms in total. The highest BCUT2D eigenvalue weighted by molar-refractivity contribution is 7.12. The fourth-order valence-electron chi connectivity index (χ4n) is 2.08. The Labute approximate surface area is 130 Å². The molecule has 0 unspecified atom stereocenters. The normalized spacial score (nSPS) is 10.4. The van der Waals surface area contributed by atoms with E-state index in [0.717, 1.165) is 24.2 Å². The summed E-state index contributed by atoms with van der Waals surface area (Å²) in [6.07, 6.45) is 1.54. The van der Waals surface area contributed by atoms with Crippen molar-refractivity contribution in [2.24, 2.45) is 0 Å². The zero-order valence-corrected chi connectivity index (χ0v) is 13.4. The Hall–Kier alpha value is -1.81. The van der Waals surface area contributed by atoms with Gasteiger partial charge in [0.1, 0.15) is 0 Å². The number of anilines is 1. The van der Waals surface area contributed by atoms with E-state index < -0.39 is 0 Å². The lowest BCUT2D eigenvalue weighted by atomic mass is 10.1. The number of nitrogens with one attached hydrogen (secondary N) is 2. The first-order valence-corrected chi connectivity index (χ1v) is 8.20. The van der Waals surface area contributed by atoms with E-state index in [1.54, 1.807) is 0 Å². The van der Waals surface area contributed by atoms with E-state index >= 15 is 0 Å². The smallest absolute Gasteiger partial charge is 0.224 e. The number of carbonyl (C=O) groups is 1. The molecule has 0 aliphatic rings. The molecule has 4 heteroatoms. The lowest BCUT2D eigenvalue weighted by molar-refractivity contribution is -0.120. The summed E-state index contributed by atoms with van der Waals surface area (Å²) >= 11 is 1.85. The molecular weight excluding hydrogens is 280 g/mol. The number of benzene rings is 1. The summed E-state index contributed by atoms with van der Waals surface area (Å²) in [7, 11) is 0. The van der Waals surface area contributed by atoms with Gasteiger partial charge in [-0.05, 0) is 43.2 Å². The number of carbonyl (C=O) groups excluding carboxylic acids is 1. The SMILES string of the molecule is CCNC(=O)Cc1ccc(NCc2ccc(CC)s2)cc1. The van der Waals surface area contributed by atoms with Crippen molar-refractivity contribution in [2.45, 2.75) is 33.2 Å². The number of thiophene rings is 1. The molecule has 21 heavy (non-hydrogen) atoms. The Bertz CT molecular complexity index is 575. The van der Waals surface area contributed by atoms with Crippen molar-refractivity contribution in [1.82, 2.24) is 5.32 Å². The van der Waals surface area contributed by atoms with Crippen LogP contribution in [0.3, 0.4) is 0 Å². The molecule has 2 aromatic rings. The van der Waals surface area contributed by atoms with Crippen LogP contribution >= 0.6 is 11.3 Å². The fourth-order valence-corrected chi connectivity index (χ4v) is 2.98. The second-order valence-corrected chi connectivity index (χ2v) is 6.16. The Kier molecular flexibility index (Phi) is 5.81. The van der Waals surface area contributed by atoms with Gasteiger partial charge in [0.25, 0.3) is 0 Å². The number of rotatable bonds is 7. The maximum Gasteiger partial charge on any atom is 0.224 e. The van der Waals surface area contributed by atoms with Crippen molar-refractivity contribution in [2.75, 3.05) is 11.9 Å². The Morgan fingerprint density at radius 3 is 2.38 bits per heavy atom. The molecule has 0 fully saturated rings. The summed E-state index contributed by atoms with van der Waals surface area (Å²) in [5, 5.41) is 6.22. The van der Waals surface area contributed by atoms with E-state index in [0.29, 0.717) is 13.0 Å². The van der Waals surface area contributed by atoms with E-state index in [-0.39, 0.29) is 5.91 Å². The van der Waals surface area contributed by atoms with Gasteiger partial charge in [-0.2, -0.15) is 0 Å². The van der Waals surface area contributed by atoms with E-state index in [1.165, 1.54) is 9.75 Å². The van der Waals surface area contributed by atoms with Gasteiger partial charge < -0.3 is 10.6 Å². The van der Waals surface area contributed by atoms with E-state index in [9.17, 15) is 4.79 Å². The van der Waals surface area contributed by atoms with Crippen LogP contribution in [0.1, 0.15) is 29.2 Å². The van der Waals surface area contributed by atoms with Crippen LogP contribution < -0.4 is 10.6 Å². The van der Waals surface area contributed by atoms with Crippen molar-refractivity contribution < 1.29 is 4.79 Å². The van der Waals surface area contributed by atoms with Gasteiger partial charge >= 0.3 is 0 Å². The molecule has 1 heterocycles. The first-order valence-electron chi connectivity index (χ1n) is 7.38. The van der Waals surface area contributed by atoms with Gasteiger partial charge in [-0.1, -0.05) is 19.1 Å². The maximum atomic E-state index is 11.5. The molecule has 2 N–H and O–H groups in total. The van der Waals surface area contributed by atoms with Crippen LogP contribution in [0.4, 0.5) is 5.69 Å². The molecule has 0 bridgehead atoms. The van der Waals surface area contributed by atoms with Gasteiger partial charge in [-0.3, -0.25) is 4.79 Å². The second-order valence-electron chi connectivity index (χ2n) is 4.90. The predicted molar refractivity (Wildman–Crippen MR) is 89.9 cm³/mol. The van der Waals surface area contributed by atoms with Crippen molar-refractivity contribution in [1.29, 1.82) is 0 Å². The standard InChI is InChI=1S/C17H22N2OS/c1-3-15-9-10-16(21-15)12-19-14-7-5-13(6-8-14)11-17(20)18-4-2/h5-10,19H,3-4,11-12H2,1-2H3,(H,18,20). The minimum Gasteiger partial charge on any atom is -0.380 e. The average molecular weight is 302 g/mol. The first kappa shape index (κ1) is 15.6. The molecule has 0 saturated carbocycles. The van der Waals surface area contributed by atoms with Crippen LogP contribution in [0.2, 0.25) is 0 Å². The van der Waals surface area contributed by atoms with Gasteiger partial charge in [0.05, 0.1) is 6.42 Å². The van der Waals surface area contributed by atoms with Gasteiger partial charge in [0.15, 0.2) is 0 Å². The van der Waals surface area contributed by atoms with E-state index in [4.69, 9.17) is 0 Å². The molecule has 0 saturated heterocycles. The molecule has 0 radical (unpaired) electrons. The zero-order chi connectivity index (χ0) is 15.1. The number of aryl methyl sites for hydroxylation is 1. The lowest BCUT2D eigenvalue weighted by Gasteiger charge is -2.07. The molecule has 0 spiro atoms. The fraction of sp³-hybridized carbons (Fsp3) is 0.353. The Morgan fingerprint density at radius 2 is 1.76 bits per heavy atom. The Morgan fingerprint density at radius 1 is 1.05 bits per heavy atom. The highest BCUT2D eigenvalue weighted by atomic mass is 32.1. The highest BCUT2D eigenvalue weighted by Crippen LogP contribution is 2.18. The zero-order valence-electron chi connectivity index (χ0n) is 12.6. The number of hydrogen-bond donors (Lipinski definition) is 2. The number of likely N-dealkylation sites (N-methyl/N-ethyl adjacent to an activating group) is 1. The van der Waals surface area contributed by atoms with Gasteiger partial charge in [-0.25, -0.2) is 0 Å². The summed E-state index contributed by atoms with van der Waals surface area (Å²) < 4.78 is 0. The van der Waals surface area contributed by atoms with Crippen LogP contribution in [0.5, 0.6) is 0 Å². The monoisotopic (exact) mass is 302 g/mol. The average Bonchev–Trinajstić information content (AvgIpc) is 2.95. The van der Waals surface area contributed by atoms with Crippen LogP contribution in [-0.2, 0) is 24.2 Å². The third kappa shape index (κ3) is 4.90. The molecule has 112 valence electrons. The summed E-state index contributed by atoms with van der Waals surface area (Å²) in [5.74, 6) is 0.0730. The maximum absolute atomic E-state index is 11.5. The predicted octanol–water partition coefficient (Wildman–Crippen LogP) is 3.60. The molecule has 1 aromatic heterocycles. The van der Waals surface area contributed by atoms with E-state index in [2.05, 4.69) is 29.7 Å². The van der Waals surface area contributed by atoms with Crippen LogP contribution in [0, 0.1) is 0 Å². The highest BCUT2D eigenvalue weighted by Gasteiger charge is 2.02. The van der Waals surface area contributed by atoms with Crippen molar-refractivity contribution in [3.05, 3.63) is 51.7 Å². The van der Waals surface area contributed by atoms with Crippen LogP contribution in [0.25, 0.3) is 0 Å². The molecule has 0 atom stereocenters. The van der Waals surface area contributed by atoms with Gasteiger partial charge in [-0.15, -0.1) is 11.3 Å².